The number of rotatable bonds is 3. The first kappa shape index (κ1) is 14.9. The van der Waals surface area contributed by atoms with E-state index < -0.39 is 16.4 Å². The van der Waals surface area contributed by atoms with E-state index >= 15 is 0 Å². The number of nitrogens with one attached hydrogen (secondary N) is 2. The van der Waals surface area contributed by atoms with Crippen LogP contribution in [0, 0.1) is 17.0 Å². The van der Waals surface area contributed by atoms with Gasteiger partial charge in [-0.2, -0.15) is 5.10 Å². The SMILES string of the molecule is Cc1cc(Br)c(NC(=O)c2ccc(=O)[nH]n2)cc1[N+](=O)[O-]. The first-order valence-corrected chi connectivity index (χ1v) is 6.49. The van der Waals surface area contributed by atoms with Gasteiger partial charge in [0.2, 0.25) is 0 Å². The molecule has 0 saturated carbocycles. The second kappa shape index (κ2) is 5.83. The number of hydrogen-bond donors (Lipinski definition) is 2. The van der Waals surface area contributed by atoms with Crippen LogP contribution in [0.25, 0.3) is 0 Å². The maximum atomic E-state index is 12.0. The van der Waals surface area contributed by atoms with Gasteiger partial charge in [0.1, 0.15) is 5.69 Å². The van der Waals surface area contributed by atoms with Crippen LogP contribution in [-0.2, 0) is 0 Å². The number of halogens is 1. The van der Waals surface area contributed by atoms with Crippen LogP contribution in [0.5, 0.6) is 0 Å². The zero-order chi connectivity index (χ0) is 15.6. The molecular formula is C12H9BrN4O4. The van der Waals surface area contributed by atoms with Crippen LogP contribution in [-0.4, -0.2) is 21.0 Å². The van der Waals surface area contributed by atoms with Crippen molar-refractivity contribution < 1.29 is 9.72 Å². The number of aryl methyl sites for hydroxylation is 1. The molecule has 108 valence electrons. The number of carbonyl (C=O) groups is 1. The molecule has 0 fully saturated rings. The van der Waals surface area contributed by atoms with Gasteiger partial charge in [-0.05, 0) is 35.0 Å². The van der Waals surface area contributed by atoms with Crippen LogP contribution in [0.2, 0.25) is 0 Å². The fourth-order valence-electron chi connectivity index (χ4n) is 1.61. The Bertz CT molecular complexity index is 767. The zero-order valence-corrected chi connectivity index (χ0v) is 12.3. The standard InChI is InChI=1S/C12H9BrN4O4/c1-6-4-7(13)9(5-10(6)17(20)21)14-12(19)8-2-3-11(18)16-15-8/h2-5H,1H3,(H,14,19)(H,16,18). The Hall–Kier alpha value is -2.55. The lowest BCUT2D eigenvalue weighted by molar-refractivity contribution is -0.385. The average molecular weight is 353 g/mol. The third-order valence-electron chi connectivity index (χ3n) is 2.64. The third-order valence-corrected chi connectivity index (χ3v) is 3.30. The van der Waals surface area contributed by atoms with Gasteiger partial charge in [-0.15, -0.1) is 0 Å². The van der Waals surface area contributed by atoms with E-state index in [0.717, 1.165) is 6.07 Å². The van der Waals surface area contributed by atoms with Gasteiger partial charge >= 0.3 is 0 Å². The van der Waals surface area contributed by atoms with Crippen molar-refractivity contribution in [1.82, 2.24) is 10.2 Å². The van der Waals surface area contributed by atoms with Gasteiger partial charge in [-0.25, -0.2) is 5.10 Å². The molecule has 0 aliphatic carbocycles. The molecule has 1 aromatic carbocycles. The zero-order valence-electron chi connectivity index (χ0n) is 10.7. The van der Waals surface area contributed by atoms with Gasteiger partial charge in [0.15, 0.2) is 0 Å². The Morgan fingerprint density at radius 2 is 2.14 bits per heavy atom. The minimum absolute atomic E-state index is 0.00951. The van der Waals surface area contributed by atoms with E-state index in [1.54, 1.807) is 6.92 Å². The number of nitro groups is 1. The Morgan fingerprint density at radius 3 is 2.71 bits per heavy atom. The fourth-order valence-corrected chi connectivity index (χ4v) is 2.17. The van der Waals surface area contributed by atoms with Gasteiger partial charge in [-0.1, -0.05) is 0 Å². The molecule has 21 heavy (non-hydrogen) atoms. The number of anilines is 1. The third kappa shape index (κ3) is 3.31. The minimum atomic E-state index is -0.592. The molecule has 8 nitrogen and oxygen atoms in total. The Morgan fingerprint density at radius 1 is 1.43 bits per heavy atom. The maximum absolute atomic E-state index is 12.0. The summed E-state index contributed by atoms with van der Waals surface area (Å²) in [6, 6.07) is 5.20. The lowest BCUT2D eigenvalue weighted by atomic mass is 10.2. The highest BCUT2D eigenvalue weighted by Crippen LogP contribution is 2.30. The van der Waals surface area contributed by atoms with Crippen molar-refractivity contribution in [3.05, 3.63) is 60.5 Å². The van der Waals surface area contributed by atoms with E-state index in [4.69, 9.17) is 0 Å². The highest BCUT2D eigenvalue weighted by Gasteiger charge is 2.17. The molecular weight excluding hydrogens is 344 g/mol. The topological polar surface area (TPSA) is 118 Å². The molecule has 0 unspecified atom stereocenters. The molecule has 1 amide bonds. The summed E-state index contributed by atoms with van der Waals surface area (Å²) < 4.78 is 0.503. The average Bonchev–Trinajstić information content (AvgIpc) is 2.42. The summed E-state index contributed by atoms with van der Waals surface area (Å²) in [5.74, 6) is -0.592. The van der Waals surface area contributed by atoms with E-state index in [2.05, 4.69) is 31.4 Å². The van der Waals surface area contributed by atoms with Crippen molar-refractivity contribution in [3.8, 4) is 0 Å². The normalized spacial score (nSPS) is 10.2. The number of H-pyrrole nitrogens is 1. The largest absolute Gasteiger partial charge is 0.319 e. The second-order valence-electron chi connectivity index (χ2n) is 4.14. The predicted octanol–water partition coefficient (Wildman–Crippen LogP) is 2.00. The first-order valence-electron chi connectivity index (χ1n) is 5.70. The van der Waals surface area contributed by atoms with Gasteiger partial charge in [0.25, 0.3) is 17.2 Å². The molecule has 9 heteroatoms. The molecule has 0 radical (unpaired) electrons. The highest BCUT2D eigenvalue weighted by molar-refractivity contribution is 9.10. The lowest BCUT2D eigenvalue weighted by Gasteiger charge is -2.08. The molecule has 0 aliphatic heterocycles. The molecule has 0 bridgehead atoms. The number of carbonyl (C=O) groups excluding carboxylic acids is 1. The van der Waals surface area contributed by atoms with E-state index in [0.29, 0.717) is 10.0 Å². The number of aromatic amines is 1. The Labute approximate surface area is 126 Å². The fraction of sp³-hybridized carbons (Fsp3) is 0.0833. The van der Waals surface area contributed by atoms with Crippen LogP contribution in [0.4, 0.5) is 11.4 Å². The first-order chi connectivity index (χ1) is 9.88. The highest BCUT2D eigenvalue weighted by atomic mass is 79.9. The summed E-state index contributed by atoms with van der Waals surface area (Å²) in [5.41, 5.74) is 0.156. The van der Waals surface area contributed by atoms with Gasteiger partial charge < -0.3 is 5.32 Å². The predicted molar refractivity (Wildman–Crippen MR) is 78.3 cm³/mol. The molecule has 0 saturated heterocycles. The van der Waals surface area contributed by atoms with Crippen molar-refractivity contribution in [2.75, 3.05) is 5.32 Å². The van der Waals surface area contributed by atoms with E-state index in [1.807, 2.05) is 0 Å². The van der Waals surface area contributed by atoms with Crippen molar-refractivity contribution >= 4 is 33.2 Å². The summed E-state index contributed by atoms with van der Waals surface area (Å²) in [7, 11) is 0. The quantitative estimate of drug-likeness (QED) is 0.646. The maximum Gasteiger partial charge on any atom is 0.276 e. The van der Waals surface area contributed by atoms with Gasteiger partial charge in [0.05, 0.1) is 10.6 Å². The van der Waals surface area contributed by atoms with Crippen molar-refractivity contribution in [1.29, 1.82) is 0 Å². The minimum Gasteiger partial charge on any atom is -0.319 e. The smallest absolute Gasteiger partial charge is 0.276 e. The number of benzene rings is 1. The molecule has 1 aromatic heterocycles. The molecule has 0 atom stereocenters. The summed E-state index contributed by atoms with van der Waals surface area (Å²) in [6.45, 7) is 1.60. The van der Waals surface area contributed by atoms with Crippen molar-refractivity contribution in [2.24, 2.45) is 0 Å². The molecule has 2 rings (SSSR count). The van der Waals surface area contributed by atoms with Crippen LogP contribution in [0.3, 0.4) is 0 Å². The summed E-state index contributed by atoms with van der Waals surface area (Å²) in [4.78, 5) is 33.2. The monoisotopic (exact) mass is 352 g/mol. The number of nitrogens with zero attached hydrogens (tertiary/aromatic N) is 2. The number of nitro benzene ring substituents is 1. The van der Waals surface area contributed by atoms with E-state index in [-0.39, 0.29) is 17.1 Å². The molecule has 2 aromatic rings. The van der Waals surface area contributed by atoms with Gasteiger partial charge in [0, 0.05) is 22.2 Å². The summed E-state index contributed by atoms with van der Waals surface area (Å²) in [6.07, 6.45) is 0. The van der Waals surface area contributed by atoms with Crippen LogP contribution >= 0.6 is 15.9 Å². The summed E-state index contributed by atoms with van der Waals surface area (Å²) in [5, 5.41) is 19.1. The Balaban J connectivity index is 2.33. The number of hydrogen-bond acceptors (Lipinski definition) is 5. The van der Waals surface area contributed by atoms with Crippen LogP contribution < -0.4 is 10.9 Å². The van der Waals surface area contributed by atoms with Crippen LogP contribution in [0.15, 0.2) is 33.5 Å². The van der Waals surface area contributed by atoms with Crippen LogP contribution in [0.1, 0.15) is 16.1 Å². The number of aromatic nitrogens is 2. The molecule has 0 aliphatic rings. The Kier molecular flexibility index (Phi) is 4.13. The summed E-state index contributed by atoms with van der Waals surface area (Å²) >= 11 is 3.23. The number of amides is 1. The van der Waals surface area contributed by atoms with Gasteiger partial charge in [-0.3, -0.25) is 19.7 Å². The van der Waals surface area contributed by atoms with Crippen molar-refractivity contribution in [2.45, 2.75) is 6.92 Å². The second-order valence-corrected chi connectivity index (χ2v) is 4.99. The molecule has 2 N–H and O–H groups in total. The molecule has 0 spiro atoms. The lowest BCUT2D eigenvalue weighted by Crippen LogP contribution is -2.17. The van der Waals surface area contributed by atoms with E-state index in [9.17, 15) is 19.7 Å². The van der Waals surface area contributed by atoms with E-state index in [1.165, 1.54) is 18.2 Å². The molecule has 1 heterocycles. The van der Waals surface area contributed by atoms with Crippen molar-refractivity contribution in [3.63, 3.8) is 0 Å².